The topological polar surface area (TPSA) is 91.8 Å². The van der Waals surface area contributed by atoms with Gasteiger partial charge in [-0.1, -0.05) is 48.9 Å². The van der Waals surface area contributed by atoms with Gasteiger partial charge in [0.1, 0.15) is 17.3 Å². The third-order valence-corrected chi connectivity index (χ3v) is 9.10. The highest BCUT2D eigenvalue weighted by Gasteiger charge is 2.54. The molecule has 0 spiro atoms. The lowest BCUT2D eigenvalue weighted by Crippen LogP contribution is -2.28. The summed E-state index contributed by atoms with van der Waals surface area (Å²) in [6.07, 6.45) is 7.06. The Morgan fingerprint density at radius 1 is 0.826 bits per heavy atom. The van der Waals surface area contributed by atoms with E-state index in [4.69, 9.17) is 14.2 Å². The Balaban J connectivity index is 1.17. The van der Waals surface area contributed by atoms with Crippen molar-refractivity contribution in [3.8, 4) is 23.0 Å². The van der Waals surface area contributed by atoms with Crippen molar-refractivity contribution in [2.45, 2.75) is 58.3 Å². The van der Waals surface area contributed by atoms with Gasteiger partial charge in [-0.05, 0) is 73.2 Å². The van der Waals surface area contributed by atoms with E-state index in [1.165, 1.54) is 23.9 Å². The van der Waals surface area contributed by atoms with E-state index < -0.39 is 5.41 Å². The number of fused-ring (bicyclic) bond motifs is 1. The number of Topliss-reactive ketones (excluding diaryl/α,β-unsaturated/α-hetero) is 2. The maximum Gasteiger partial charge on any atom is 0.185 e. The zero-order valence-electron chi connectivity index (χ0n) is 26.2. The second-order valence-corrected chi connectivity index (χ2v) is 12.9. The van der Waals surface area contributed by atoms with E-state index in [1.54, 1.807) is 38.4 Å². The molecule has 0 radical (unpaired) electrons. The van der Waals surface area contributed by atoms with Crippen molar-refractivity contribution >= 4 is 39.3 Å². The van der Waals surface area contributed by atoms with E-state index in [1.807, 2.05) is 36.4 Å². The summed E-state index contributed by atoms with van der Waals surface area (Å²) in [6.45, 7) is 2.15. The Labute approximate surface area is 272 Å². The van der Waals surface area contributed by atoms with Gasteiger partial charge < -0.3 is 14.2 Å². The van der Waals surface area contributed by atoms with Gasteiger partial charge in [0.25, 0.3) is 0 Å². The number of hydrogen-bond donors (Lipinski definition) is 0. The third-order valence-electron chi connectivity index (χ3n) is 8.20. The summed E-state index contributed by atoms with van der Waals surface area (Å²) in [5.41, 5.74) is 1.28. The summed E-state index contributed by atoms with van der Waals surface area (Å²) in [4.78, 5) is 41.7. The molecule has 0 unspecified atom stereocenters. The number of nitrogens with zero attached hydrogens (tertiary/aromatic N) is 1. The van der Waals surface area contributed by atoms with Crippen LogP contribution in [0.25, 0.3) is 10.9 Å². The molecule has 240 valence electrons. The molecule has 9 heteroatoms. The highest BCUT2D eigenvalue weighted by molar-refractivity contribution is 8.13. The molecule has 0 N–H and O–H groups in total. The minimum absolute atomic E-state index is 0.0812. The molecule has 0 bridgehead atoms. The van der Waals surface area contributed by atoms with Crippen molar-refractivity contribution in [2.24, 2.45) is 5.41 Å². The Hall–Kier alpha value is -4.24. The lowest BCUT2D eigenvalue weighted by atomic mass is 9.88. The molecule has 0 saturated heterocycles. The predicted molar refractivity (Wildman–Crippen MR) is 177 cm³/mol. The number of ketones is 2. The lowest BCUT2D eigenvalue weighted by molar-refractivity contribution is -0.133. The molecule has 1 saturated carbocycles. The van der Waals surface area contributed by atoms with Crippen LogP contribution in [0.5, 0.6) is 23.0 Å². The van der Waals surface area contributed by atoms with E-state index in [2.05, 4.69) is 4.98 Å². The number of rotatable bonds is 17. The minimum Gasteiger partial charge on any atom is -0.493 e. The molecule has 4 aromatic rings. The summed E-state index contributed by atoms with van der Waals surface area (Å²) < 4.78 is 31.1. The average molecular weight is 644 g/mol. The Kier molecular flexibility index (Phi) is 11.1. The van der Waals surface area contributed by atoms with E-state index in [0.29, 0.717) is 53.5 Å². The quantitative estimate of drug-likeness (QED) is 0.0842. The van der Waals surface area contributed by atoms with E-state index in [-0.39, 0.29) is 35.3 Å². The maximum absolute atomic E-state index is 13.2. The smallest absolute Gasteiger partial charge is 0.185 e. The summed E-state index contributed by atoms with van der Waals surface area (Å²) in [6, 6.07) is 18.6. The van der Waals surface area contributed by atoms with E-state index in [9.17, 15) is 18.8 Å². The Morgan fingerprint density at radius 2 is 1.48 bits per heavy atom. The number of carbonyl (C=O) groups is 3. The number of unbranched alkanes of at least 4 members (excludes halogenated alkanes) is 3. The summed E-state index contributed by atoms with van der Waals surface area (Å²) in [5.74, 6) is 2.72. The first-order valence-corrected chi connectivity index (χ1v) is 16.6. The standard InChI is InChI=1S/C37H38FNO6S/c1-25(40)46-20-6-4-3-5-19-44-34-24-31-30(23-33(34)43-2)32(15-18-39-31)45-29-13-9-27(10-14-29)22-36(42)37(16-17-37)35(41)21-26-7-11-28(38)12-8-26/h7-15,18,23-24H,3-6,16-17,19-22H2,1-2H3. The Bertz CT molecular complexity index is 1690. The molecule has 0 aliphatic heterocycles. The highest BCUT2D eigenvalue weighted by atomic mass is 32.2. The van der Waals surface area contributed by atoms with Gasteiger partial charge in [-0.15, -0.1) is 0 Å². The predicted octanol–water partition coefficient (Wildman–Crippen LogP) is 8.10. The third kappa shape index (κ3) is 8.51. The van der Waals surface area contributed by atoms with Crippen molar-refractivity contribution in [2.75, 3.05) is 19.5 Å². The van der Waals surface area contributed by atoms with Gasteiger partial charge in [0, 0.05) is 43.2 Å². The van der Waals surface area contributed by atoms with Crippen molar-refractivity contribution in [1.29, 1.82) is 0 Å². The van der Waals surface area contributed by atoms with Gasteiger partial charge in [0.15, 0.2) is 28.2 Å². The number of hydrogen-bond acceptors (Lipinski definition) is 8. The van der Waals surface area contributed by atoms with Gasteiger partial charge in [0.05, 0.1) is 24.6 Å². The lowest BCUT2D eigenvalue weighted by Gasteiger charge is -2.15. The molecule has 1 aliphatic rings. The van der Waals surface area contributed by atoms with Crippen LogP contribution in [-0.4, -0.2) is 41.1 Å². The number of methoxy groups -OCH3 is 1. The van der Waals surface area contributed by atoms with Crippen LogP contribution in [-0.2, 0) is 27.2 Å². The second kappa shape index (κ2) is 15.4. The fraction of sp³-hybridized carbons (Fsp3) is 0.351. The average Bonchev–Trinajstić information content (AvgIpc) is 3.87. The second-order valence-electron chi connectivity index (χ2n) is 11.6. The van der Waals surface area contributed by atoms with Crippen LogP contribution in [0.3, 0.4) is 0 Å². The van der Waals surface area contributed by atoms with Crippen LogP contribution in [0.1, 0.15) is 56.6 Å². The number of benzene rings is 3. The van der Waals surface area contributed by atoms with Gasteiger partial charge in [-0.25, -0.2) is 4.39 Å². The molecule has 1 heterocycles. The van der Waals surface area contributed by atoms with Crippen molar-refractivity contribution in [3.05, 3.63) is 89.9 Å². The number of thioether (sulfide) groups is 1. The largest absolute Gasteiger partial charge is 0.493 e. The number of pyridine rings is 1. The molecule has 3 aromatic carbocycles. The molecular weight excluding hydrogens is 605 g/mol. The number of carbonyl (C=O) groups excluding carboxylic acids is 3. The molecule has 1 fully saturated rings. The van der Waals surface area contributed by atoms with Crippen LogP contribution in [0.4, 0.5) is 4.39 Å². The normalized spacial score (nSPS) is 13.3. The van der Waals surface area contributed by atoms with Crippen molar-refractivity contribution < 1.29 is 33.0 Å². The monoisotopic (exact) mass is 643 g/mol. The molecule has 7 nitrogen and oxygen atoms in total. The fourth-order valence-corrected chi connectivity index (χ4v) is 6.03. The van der Waals surface area contributed by atoms with Gasteiger partial charge >= 0.3 is 0 Å². The number of halogens is 1. The van der Waals surface area contributed by atoms with Crippen LogP contribution in [0, 0.1) is 11.2 Å². The van der Waals surface area contributed by atoms with Gasteiger partial charge in [-0.3, -0.25) is 19.4 Å². The van der Waals surface area contributed by atoms with Crippen LogP contribution >= 0.6 is 11.8 Å². The van der Waals surface area contributed by atoms with Crippen molar-refractivity contribution in [3.63, 3.8) is 0 Å². The highest BCUT2D eigenvalue weighted by Crippen LogP contribution is 2.49. The molecule has 46 heavy (non-hydrogen) atoms. The molecule has 1 aromatic heterocycles. The first-order chi connectivity index (χ1) is 22.3. The summed E-state index contributed by atoms with van der Waals surface area (Å²) >= 11 is 1.37. The maximum atomic E-state index is 13.2. The first-order valence-electron chi connectivity index (χ1n) is 15.6. The van der Waals surface area contributed by atoms with Crippen LogP contribution < -0.4 is 14.2 Å². The van der Waals surface area contributed by atoms with Gasteiger partial charge in [0.2, 0.25) is 0 Å². The van der Waals surface area contributed by atoms with Gasteiger partial charge in [-0.2, -0.15) is 0 Å². The number of aromatic nitrogens is 1. The Morgan fingerprint density at radius 3 is 2.11 bits per heavy atom. The van der Waals surface area contributed by atoms with Crippen LogP contribution in [0.2, 0.25) is 0 Å². The first kappa shape index (κ1) is 33.1. The van der Waals surface area contributed by atoms with Crippen molar-refractivity contribution in [1.82, 2.24) is 4.98 Å². The number of ether oxygens (including phenoxy) is 3. The molecule has 5 rings (SSSR count). The summed E-state index contributed by atoms with van der Waals surface area (Å²) in [5, 5.41) is 0.929. The van der Waals surface area contributed by atoms with E-state index in [0.717, 1.165) is 42.4 Å². The zero-order chi connectivity index (χ0) is 32.5. The molecular formula is C37H38FNO6S. The molecule has 0 amide bonds. The molecule has 0 atom stereocenters. The SMILES string of the molecule is COc1cc2c(Oc3ccc(CC(=O)C4(C(=O)Cc5ccc(F)cc5)CC4)cc3)ccnc2cc1OCCCCCCSC(C)=O. The minimum atomic E-state index is -0.933. The fourth-order valence-electron chi connectivity index (χ4n) is 5.40. The summed E-state index contributed by atoms with van der Waals surface area (Å²) in [7, 11) is 1.60. The zero-order valence-corrected chi connectivity index (χ0v) is 27.0. The van der Waals surface area contributed by atoms with E-state index >= 15 is 0 Å². The molecule has 1 aliphatic carbocycles. The van der Waals surface area contributed by atoms with Crippen LogP contribution in [0.15, 0.2) is 72.9 Å².